The minimum absolute atomic E-state index is 0.488. The SMILES string of the molecule is C1CCc2sc(C(NC3CC3)C3CCOCC3)nc2C1. The standard InChI is InChI=1S/C16H24N2OS/c1-2-4-14-13(3-1)18-16(20-14)15(17-12-5-6-12)11-7-9-19-10-8-11/h11-12,15,17H,1-10H2. The second kappa shape index (κ2) is 5.74. The van der Waals surface area contributed by atoms with Crippen LogP contribution in [0, 0.1) is 5.92 Å². The van der Waals surface area contributed by atoms with Gasteiger partial charge in [0.15, 0.2) is 0 Å². The monoisotopic (exact) mass is 292 g/mol. The summed E-state index contributed by atoms with van der Waals surface area (Å²) in [6.07, 6.45) is 10.2. The van der Waals surface area contributed by atoms with Gasteiger partial charge in [-0.25, -0.2) is 4.98 Å². The van der Waals surface area contributed by atoms with Crippen LogP contribution in [0.5, 0.6) is 0 Å². The molecule has 3 aliphatic rings. The number of aryl methyl sites for hydroxylation is 2. The number of nitrogens with zero attached hydrogens (tertiary/aromatic N) is 1. The second-order valence-corrected chi connectivity index (χ2v) is 7.61. The molecule has 110 valence electrons. The second-order valence-electron chi connectivity index (χ2n) is 6.50. The van der Waals surface area contributed by atoms with Crippen LogP contribution in [0.25, 0.3) is 0 Å². The van der Waals surface area contributed by atoms with Crippen LogP contribution in [0.3, 0.4) is 0 Å². The first-order valence-corrected chi connectivity index (χ1v) is 9.04. The fraction of sp³-hybridized carbons (Fsp3) is 0.812. The molecule has 2 heterocycles. The highest BCUT2D eigenvalue weighted by Crippen LogP contribution is 2.38. The largest absolute Gasteiger partial charge is 0.381 e. The molecule has 2 aliphatic carbocycles. The van der Waals surface area contributed by atoms with Gasteiger partial charge in [-0.1, -0.05) is 0 Å². The van der Waals surface area contributed by atoms with E-state index in [0.717, 1.165) is 25.2 Å². The Kier molecular flexibility index (Phi) is 3.80. The molecule has 1 N–H and O–H groups in total. The fourth-order valence-corrected chi connectivity index (χ4v) is 4.77. The lowest BCUT2D eigenvalue weighted by molar-refractivity contribution is 0.0532. The summed E-state index contributed by atoms with van der Waals surface area (Å²) in [5.74, 6) is 0.719. The topological polar surface area (TPSA) is 34.1 Å². The summed E-state index contributed by atoms with van der Waals surface area (Å²) in [7, 11) is 0. The Labute approximate surface area is 125 Å². The summed E-state index contributed by atoms with van der Waals surface area (Å²) in [5, 5.41) is 5.25. The number of nitrogens with one attached hydrogen (secondary N) is 1. The van der Waals surface area contributed by atoms with Gasteiger partial charge in [0.2, 0.25) is 0 Å². The Hall–Kier alpha value is -0.450. The highest BCUT2D eigenvalue weighted by Gasteiger charge is 2.33. The summed E-state index contributed by atoms with van der Waals surface area (Å²) in [6.45, 7) is 1.86. The van der Waals surface area contributed by atoms with E-state index in [0.29, 0.717) is 6.04 Å². The van der Waals surface area contributed by atoms with E-state index >= 15 is 0 Å². The maximum Gasteiger partial charge on any atom is 0.110 e. The molecule has 0 amide bonds. The normalized spacial score (nSPS) is 25.4. The van der Waals surface area contributed by atoms with E-state index < -0.39 is 0 Å². The van der Waals surface area contributed by atoms with Gasteiger partial charge in [-0.3, -0.25) is 0 Å². The molecule has 1 saturated heterocycles. The highest BCUT2D eigenvalue weighted by molar-refractivity contribution is 7.11. The van der Waals surface area contributed by atoms with Crippen LogP contribution < -0.4 is 5.32 Å². The predicted molar refractivity (Wildman–Crippen MR) is 81.2 cm³/mol. The molecule has 1 aromatic heterocycles. The van der Waals surface area contributed by atoms with Crippen LogP contribution in [-0.4, -0.2) is 24.2 Å². The zero-order valence-corrected chi connectivity index (χ0v) is 12.9. The number of thiazole rings is 1. The van der Waals surface area contributed by atoms with E-state index in [9.17, 15) is 0 Å². The van der Waals surface area contributed by atoms with Crippen molar-refractivity contribution in [2.24, 2.45) is 5.92 Å². The van der Waals surface area contributed by atoms with Crippen LogP contribution >= 0.6 is 11.3 Å². The average molecular weight is 292 g/mol. The number of fused-ring (bicyclic) bond motifs is 1. The maximum atomic E-state index is 5.54. The molecule has 3 nitrogen and oxygen atoms in total. The number of ether oxygens (including phenoxy) is 1. The van der Waals surface area contributed by atoms with Gasteiger partial charge in [0.1, 0.15) is 5.01 Å². The minimum Gasteiger partial charge on any atom is -0.381 e. The molecule has 1 unspecified atom stereocenters. The summed E-state index contributed by atoms with van der Waals surface area (Å²) in [4.78, 5) is 6.59. The van der Waals surface area contributed by atoms with Gasteiger partial charge in [0, 0.05) is 24.1 Å². The van der Waals surface area contributed by atoms with Gasteiger partial charge >= 0.3 is 0 Å². The molecule has 0 bridgehead atoms. The number of hydrogen-bond donors (Lipinski definition) is 1. The quantitative estimate of drug-likeness (QED) is 0.925. The van der Waals surface area contributed by atoms with E-state index in [1.165, 1.54) is 62.1 Å². The third-order valence-electron chi connectivity index (χ3n) is 4.86. The van der Waals surface area contributed by atoms with Gasteiger partial charge in [0.05, 0.1) is 11.7 Å². The zero-order chi connectivity index (χ0) is 13.4. The number of aromatic nitrogens is 1. The third kappa shape index (κ3) is 2.78. The van der Waals surface area contributed by atoms with Crippen molar-refractivity contribution in [2.45, 2.75) is 63.5 Å². The van der Waals surface area contributed by atoms with Crippen molar-refractivity contribution in [3.63, 3.8) is 0 Å². The fourth-order valence-electron chi connectivity index (χ4n) is 3.47. The molecule has 2 fully saturated rings. The summed E-state index contributed by atoms with van der Waals surface area (Å²) >= 11 is 1.99. The molecular weight excluding hydrogens is 268 g/mol. The molecule has 1 saturated carbocycles. The Bertz CT molecular complexity index is 440. The van der Waals surface area contributed by atoms with E-state index in [1.54, 1.807) is 4.88 Å². The molecule has 0 aromatic carbocycles. The molecule has 20 heavy (non-hydrogen) atoms. The molecule has 1 atom stereocenters. The molecule has 4 rings (SSSR count). The molecule has 1 aromatic rings. The van der Waals surface area contributed by atoms with Gasteiger partial charge in [0.25, 0.3) is 0 Å². The molecule has 1 aliphatic heterocycles. The van der Waals surface area contributed by atoms with Crippen molar-refractivity contribution in [3.05, 3.63) is 15.6 Å². The predicted octanol–water partition coefficient (Wildman–Crippen LogP) is 3.24. The Morgan fingerprint density at radius 3 is 2.65 bits per heavy atom. The van der Waals surface area contributed by atoms with Crippen LogP contribution in [0.15, 0.2) is 0 Å². The number of rotatable bonds is 4. The van der Waals surface area contributed by atoms with Gasteiger partial charge in [-0.15, -0.1) is 11.3 Å². The zero-order valence-electron chi connectivity index (χ0n) is 12.1. The van der Waals surface area contributed by atoms with Crippen molar-refractivity contribution in [2.75, 3.05) is 13.2 Å². The van der Waals surface area contributed by atoms with Crippen LogP contribution in [0.1, 0.15) is 60.1 Å². The van der Waals surface area contributed by atoms with Crippen LogP contribution in [0.4, 0.5) is 0 Å². The first-order valence-electron chi connectivity index (χ1n) is 8.22. The molecule has 0 spiro atoms. The van der Waals surface area contributed by atoms with Gasteiger partial charge in [-0.2, -0.15) is 0 Å². The van der Waals surface area contributed by atoms with Crippen LogP contribution in [-0.2, 0) is 17.6 Å². The van der Waals surface area contributed by atoms with Gasteiger partial charge < -0.3 is 10.1 Å². The summed E-state index contributed by atoms with van der Waals surface area (Å²) < 4.78 is 5.54. The molecular formula is C16H24N2OS. The van der Waals surface area contributed by atoms with Crippen LogP contribution in [0.2, 0.25) is 0 Å². The van der Waals surface area contributed by atoms with Gasteiger partial charge in [-0.05, 0) is 57.3 Å². The van der Waals surface area contributed by atoms with E-state index in [4.69, 9.17) is 9.72 Å². The summed E-state index contributed by atoms with van der Waals surface area (Å²) in [6, 6.07) is 1.24. The van der Waals surface area contributed by atoms with E-state index in [1.807, 2.05) is 11.3 Å². The lowest BCUT2D eigenvalue weighted by Gasteiger charge is -2.30. The number of hydrogen-bond acceptors (Lipinski definition) is 4. The minimum atomic E-state index is 0.488. The summed E-state index contributed by atoms with van der Waals surface area (Å²) in [5.41, 5.74) is 1.41. The Balaban J connectivity index is 1.57. The lowest BCUT2D eigenvalue weighted by Crippen LogP contribution is -2.33. The third-order valence-corrected chi connectivity index (χ3v) is 6.10. The first-order chi connectivity index (χ1) is 9.90. The van der Waals surface area contributed by atoms with Crippen molar-refractivity contribution in [3.8, 4) is 0 Å². The van der Waals surface area contributed by atoms with E-state index in [-0.39, 0.29) is 0 Å². The average Bonchev–Trinajstić information content (AvgIpc) is 3.22. The van der Waals surface area contributed by atoms with Crippen molar-refractivity contribution < 1.29 is 4.74 Å². The van der Waals surface area contributed by atoms with E-state index in [2.05, 4.69) is 5.32 Å². The molecule has 0 radical (unpaired) electrons. The highest BCUT2D eigenvalue weighted by atomic mass is 32.1. The lowest BCUT2D eigenvalue weighted by atomic mass is 9.92. The van der Waals surface area contributed by atoms with Crippen molar-refractivity contribution in [1.29, 1.82) is 0 Å². The van der Waals surface area contributed by atoms with Crippen molar-refractivity contribution in [1.82, 2.24) is 10.3 Å². The Morgan fingerprint density at radius 2 is 1.90 bits per heavy atom. The maximum absolute atomic E-state index is 5.54. The Morgan fingerprint density at radius 1 is 1.10 bits per heavy atom. The first kappa shape index (κ1) is 13.2. The smallest absolute Gasteiger partial charge is 0.110 e. The van der Waals surface area contributed by atoms with Crippen molar-refractivity contribution >= 4 is 11.3 Å². The molecule has 4 heteroatoms.